The van der Waals surface area contributed by atoms with E-state index in [9.17, 15) is 10.6 Å². The topological polar surface area (TPSA) is 152 Å². The SMILES string of the molecule is CC1(C)[C@H]2CC[C@]1(C)[C@]1(C2)O[C@@H]2[C@H](OCc3ccccc3)[C@@H](OCc3ccccc3)[C@H](OCc3ccccc3)[C@@H](O[C@H]3O[C@H](CO[Si](C)(C)C(C)(C)C)[C@@H](O)[C@H](OCc4ccccc4)[C@H]3N=[N+]=[N-])[C@@H]2O1. The smallest absolute Gasteiger partial charge is 0.192 e. The lowest BCUT2D eigenvalue weighted by atomic mass is 9.68. The van der Waals surface area contributed by atoms with Crippen LogP contribution in [0.5, 0.6) is 0 Å². The first-order valence-corrected chi connectivity index (χ1v) is 28.1. The number of azide groups is 1. The third kappa shape index (κ3) is 10.1. The van der Waals surface area contributed by atoms with Crippen molar-refractivity contribution in [1.82, 2.24) is 0 Å². The summed E-state index contributed by atoms with van der Waals surface area (Å²) >= 11 is 0. The number of aliphatic hydroxyl groups excluding tert-OH is 1. The predicted molar refractivity (Wildman–Crippen MR) is 267 cm³/mol. The fourth-order valence-electron chi connectivity index (χ4n) is 11.4. The molecule has 3 aliphatic carbocycles. The molecule has 0 radical (unpaired) electrons. The van der Waals surface area contributed by atoms with E-state index >= 15 is 0 Å². The van der Waals surface area contributed by atoms with E-state index in [0.29, 0.717) is 12.3 Å². The van der Waals surface area contributed by atoms with Gasteiger partial charge >= 0.3 is 0 Å². The molecule has 1 spiro atoms. The monoisotopic (exact) mass is 976 g/mol. The molecule has 0 unspecified atom stereocenters. The summed E-state index contributed by atoms with van der Waals surface area (Å²) in [5.74, 6) is -0.602. The van der Waals surface area contributed by atoms with E-state index in [0.717, 1.165) is 35.1 Å². The molecule has 4 aromatic carbocycles. The summed E-state index contributed by atoms with van der Waals surface area (Å²) in [6, 6.07) is 38.7. The predicted octanol–water partition coefficient (Wildman–Crippen LogP) is 10.8. The Bertz CT molecular complexity index is 2370. The van der Waals surface area contributed by atoms with Crippen molar-refractivity contribution in [2.75, 3.05) is 6.61 Å². The molecular formula is C56H73N3O10Si. The number of rotatable bonds is 18. The zero-order valence-corrected chi connectivity index (χ0v) is 43.1. The van der Waals surface area contributed by atoms with Gasteiger partial charge in [-0.05, 0) is 70.1 Å². The van der Waals surface area contributed by atoms with E-state index in [-0.39, 0.29) is 48.9 Å². The van der Waals surface area contributed by atoms with Crippen molar-refractivity contribution >= 4 is 8.32 Å². The van der Waals surface area contributed by atoms with Crippen molar-refractivity contribution in [3.05, 3.63) is 154 Å². The molecule has 3 saturated carbocycles. The third-order valence-corrected chi connectivity index (χ3v) is 21.6. The second kappa shape index (κ2) is 20.9. The number of fused-ring (bicyclic) bond motifs is 4. The average molecular weight is 976 g/mol. The van der Waals surface area contributed by atoms with Crippen molar-refractivity contribution < 1.29 is 47.4 Å². The highest BCUT2D eigenvalue weighted by Gasteiger charge is 2.76. The maximum absolute atomic E-state index is 12.3. The van der Waals surface area contributed by atoms with Gasteiger partial charge in [-0.1, -0.05) is 168 Å². The van der Waals surface area contributed by atoms with Crippen LogP contribution in [-0.2, 0) is 68.7 Å². The Hall–Kier alpha value is -3.99. The summed E-state index contributed by atoms with van der Waals surface area (Å²) < 4.78 is 64.3. The molecule has 1 N–H and O–H groups in total. The fraction of sp³-hybridized carbons (Fsp3) is 0.571. The highest BCUT2D eigenvalue weighted by molar-refractivity contribution is 6.74. The summed E-state index contributed by atoms with van der Waals surface area (Å²) in [6.07, 6.45) is -6.43. The number of nitrogens with zero attached hydrogens (tertiary/aromatic N) is 3. The summed E-state index contributed by atoms with van der Waals surface area (Å²) in [4.78, 5) is 3.32. The maximum Gasteiger partial charge on any atom is 0.192 e. The molecule has 14 atom stereocenters. The molecule has 14 heteroatoms. The lowest BCUT2D eigenvalue weighted by molar-refractivity contribution is -0.323. The van der Waals surface area contributed by atoms with Crippen LogP contribution in [0.2, 0.25) is 18.1 Å². The molecule has 2 bridgehead atoms. The van der Waals surface area contributed by atoms with Gasteiger partial charge in [0.2, 0.25) is 0 Å². The molecule has 9 rings (SSSR count). The molecule has 2 heterocycles. The number of hydrogen-bond acceptors (Lipinski definition) is 11. The molecule has 376 valence electrons. The summed E-state index contributed by atoms with van der Waals surface area (Å²) in [5, 5.41) is 16.5. The van der Waals surface area contributed by atoms with Crippen molar-refractivity contribution in [3.8, 4) is 0 Å². The first-order chi connectivity index (χ1) is 33.5. The Labute approximate surface area is 415 Å². The van der Waals surface area contributed by atoms with E-state index in [2.05, 4.69) is 76.8 Å². The van der Waals surface area contributed by atoms with Crippen LogP contribution in [0.4, 0.5) is 0 Å². The van der Waals surface area contributed by atoms with Gasteiger partial charge in [0.05, 0.1) is 39.1 Å². The Kier molecular flexibility index (Phi) is 15.2. The average Bonchev–Trinajstić information content (AvgIpc) is 3.90. The van der Waals surface area contributed by atoms with Crippen LogP contribution in [0.25, 0.3) is 10.4 Å². The van der Waals surface area contributed by atoms with E-state index in [4.69, 9.17) is 42.3 Å². The van der Waals surface area contributed by atoms with Gasteiger partial charge in [-0.15, -0.1) is 0 Å². The van der Waals surface area contributed by atoms with Crippen LogP contribution in [0, 0.1) is 16.7 Å². The maximum atomic E-state index is 12.3. The van der Waals surface area contributed by atoms with Crippen molar-refractivity contribution in [2.24, 2.45) is 21.9 Å². The van der Waals surface area contributed by atoms with Crippen LogP contribution >= 0.6 is 0 Å². The number of benzene rings is 4. The Morgan fingerprint density at radius 2 is 1.11 bits per heavy atom. The van der Waals surface area contributed by atoms with Crippen molar-refractivity contribution in [1.29, 1.82) is 0 Å². The zero-order chi connectivity index (χ0) is 49.3. The van der Waals surface area contributed by atoms with Crippen LogP contribution in [0.3, 0.4) is 0 Å². The summed E-state index contributed by atoms with van der Waals surface area (Å²) in [5.41, 5.74) is 13.7. The van der Waals surface area contributed by atoms with Crippen LogP contribution in [0.15, 0.2) is 126 Å². The minimum Gasteiger partial charge on any atom is -0.414 e. The van der Waals surface area contributed by atoms with Crippen LogP contribution < -0.4 is 0 Å². The lowest BCUT2D eigenvalue weighted by Gasteiger charge is -2.50. The Morgan fingerprint density at radius 3 is 1.54 bits per heavy atom. The van der Waals surface area contributed by atoms with Crippen molar-refractivity contribution in [3.63, 3.8) is 0 Å². The molecule has 13 nitrogen and oxygen atoms in total. The van der Waals surface area contributed by atoms with Gasteiger partial charge in [0.25, 0.3) is 0 Å². The van der Waals surface area contributed by atoms with Gasteiger partial charge in [0, 0.05) is 16.7 Å². The molecule has 70 heavy (non-hydrogen) atoms. The quantitative estimate of drug-likeness (QED) is 0.0441. The van der Waals surface area contributed by atoms with Gasteiger partial charge < -0.3 is 47.4 Å². The first kappa shape index (κ1) is 50.9. The third-order valence-electron chi connectivity index (χ3n) is 17.1. The standard InChI is InChI=1S/C56H73N3O10Si/c1-53(2,3)70(7,8)65-36-42-44(60)45(61-32-37-21-13-9-14-22-37)43(58-59-57)52(66-42)67-49-47(63-34-39-25-17-11-18-26-39)46(62-33-38-23-15-10-16-24-38)48(64-35-40-27-19-12-20-28-40)50-51(49)69-56(68-50)31-41-29-30-55(56,6)54(41,4)5/h9-28,41-52,60H,29-36H2,1-8H3/t41-,42+,43+,44+,45+,46-,47-,48+,49+,50+,51-,52+,55-,56+/m0/s1. The zero-order valence-electron chi connectivity index (χ0n) is 42.1. The van der Waals surface area contributed by atoms with Gasteiger partial charge in [0.1, 0.15) is 54.9 Å². The van der Waals surface area contributed by atoms with Crippen LogP contribution in [-0.4, -0.2) is 93.1 Å². The van der Waals surface area contributed by atoms with E-state index in [1.54, 1.807) is 0 Å². The van der Waals surface area contributed by atoms with Gasteiger partial charge in [-0.25, -0.2) is 0 Å². The van der Waals surface area contributed by atoms with E-state index in [1.807, 2.05) is 109 Å². The number of aliphatic hydroxyl groups is 1. The van der Waals surface area contributed by atoms with Gasteiger partial charge in [0.15, 0.2) is 20.4 Å². The molecule has 0 aromatic heterocycles. The molecule has 5 fully saturated rings. The Balaban J connectivity index is 1.15. The minimum absolute atomic E-state index is 0.0616. The summed E-state index contributed by atoms with van der Waals surface area (Å²) in [6.45, 7) is 18.8. The molecule has 0 amide bonds. The second-order valence-electron chi connectivity index (χ2n) is 22.4. The first-order valence-electron chi connectivity index (χ1n) is 25.2. The van der Waals surface area contributed by atoms with Gasteiger partial charge in [-0.2, -0.15) is 0 Å². The number of ether oxygens (including phenoxy) is 8. The molecule has 5 aliphatic rings. The molecule has 2 saturated heterocycles. The lowest BCUT2D eigenvalue weighted by Crippen LogP contribution is -2.68. The van der Waals surface area contributed by atoms with E-state index < -0.39 is 81.4 Å². The highest BCUT2D eigenvalue weighted by atomic mass is 28.4. The molecule has 2 aliphatic heterocycles. The second-order valence-corrected chi connectivity index (χ2v) is 27.2. The summed E-state index contributed by atoms with van der Waals surface area (Å²) in [7, 11) is -2.35. The molecule has 4 aromatic rings. The fourth-order valence-corrected chi connectivity index (χ4v) is 12.4. The Morgan fingerprint density at radius 1 is 0.671 bits per heavy atom. The minimum atomic E-state index is -2.35. The van der Waals surface area contributed by atoms with Gasteiger partial charge in [-0.3, -0.25) is 0 Å². The molecular weight excluding hydrogens is 903 g/mol. The normalized spacial score (nSPS) is 34.6. The number of hydrogen-bond donors (Lipinski definition) is 1. The van der Waals surface area contributed by atoms with Crippen molar-refractivity contribution in [2.45, 2.75) is 178 Å². The van der Waals surface area contributed by atoms with Crippen LogP contribution in [0.1, 0.15) is 83.1 Å². The highest BCUT2D eigenvalue weighted by Crippen LogP contribution is 2.73. The van der Waals surface area contributed by atoms with E-state index in [1.165, 1.54) is 0 Å². The largest absolute Gasteiger partial charge is 0.414 e.